The van der Waals surface area contributed by atoms with Gasteiger partial charge in [-0.3, -0.25) is 19.4 Å². The van der Waals surface area contributed by atoms with Gasteiger partial charge in [-0.1, -0.05) is 24.3 Å². The highest BCUT2D eigenvalue weighted by molar-refractivity contribution is 6.15. The van der Waals surface area contributed by atoms with Crippen molar-refractivity contribution < 1.29 is 18.8 Å². The first-order valence-corrected chi connectivity index (χ1v) is 13.3. The minimum atomic E-state index is -0.555. The lowest BCUT2D eigenvalue weighted by Crippen LogP contribution is -2.44. The number of benzene rings is 3. The van der Waals surface area contributed by atoms with Gasteiger partial charge >= 0.3 is 5.91 Å². The average Bonchev–Trinajstić information content (AvgIpc) is 3.64. The number of amides is 2. The molecule has 0 radical (unpaired) electrons. The van der Waals surface area contributed by atoms with E-state index in [-0.39, 0.29) is 17.6 Å². The van der Waals surface area contributed by atoms with Crippen LogP contribution in [0.2, 0.25) is 0 Å². The highest BCUT2D eigenvalue weighted by Gasteiger charge is 2.30. The molecule has 206 valence electrons. The van der Waals surface area contributed by atoms with Crippen molar-refractivity contribution in [1.82, 2.24) is 9.88 Å². The van der Waals surface area contributed by atoms with E-state index in [0.717, 1.165) is 37.4 Å². The van der Waals surface area contributed by atoms with E-state index in [9.17, 15) is 14.4 Å². The zero-order valence-corrected chi connectivity index (χ0v) is 22.4. The van der Waals surface area contributed by atoms with Gasteiger partial charge in [0.2, 0.25) is 5.91 Å². The number of oxazole rings is 1. The van der Waals surface area contributed by atoms with Gasteiger partial charge in [0.1, 0.15) is 12.2 Å². The molecular formula is C31H28N6O4. The fraction of sp³-hybridized carbons (Fsp3) is 0.194. The number of anilines is 3. The maximum absolute atomic E-state index is 13.3. The summed E-state index contributed by atoms with van der Waals surface area (Å²) in [7, 11) is 2.13. The average molecular weight is 549 g/mol. The van der Waals surface area contributed by atoms with E-state index in [1.165, 1.54) is 18.1 Å². The van der Waals surface area contributed by atoms with Crippen molar-refractivity contribution in [3.05, 3.63) is 102 Å². The minimum Gasteiger partial charge on any atom is -0.441 e. The van der Waals surface area contributed by atoms with E-state index in [1.807, 2.05) is 12.1 Å². The SMILES string of the molecule is CN1CCN(c2ccc(N=CC3C(=O)Nc4cc(C(=O)c5cccc(NC(=O)c6ncco6)c5)ccc43)cc2)CC1. The number of carbonyl (C=O) groups excluding carboxylic acids is 3. The van der Waals surface area contributed by atoms with Crippen LogP contribution in [0.5, 0.6) is 0 Å². The molecule has 10 nitrogen and oxygen atoms in total. The first-order chi connectivity index (χ1) is 19.9. The third-order valence-corrected chi connectivity index (χ3v) is 7.29. The predicted molar refractivity (Wildman–Crippen MR) is 156 cm³/mol. The second kappa shape index (κ2) is 11.2. The van der Waals surface area contributed by atoms with Crippen LogP contribution >= 0.6 is 0 Å². The number of nitrogens with zero attached hydrogens (tertiary/aromatic N) is 4. The van der Waals surface area contributed by atoms with Gasteiger partial charge < -0.3 is 24.9 Å². The zero-order chi connectivity index (χ0) is 28.3. The van der Waals surface area contributed by atoms with Gasteiger partial charge in [-0.2, -0.15) is 0 Å². The molecule has 4 aromatic rings. The largest absolute Gasteiger partial charge is 0.441 e. The smallest absolute Gasteiger partial charge is 0.311 e. The molecular weight excluding hydrogens is 520 g/mol. The summed E-state index contributed by atoms with van der Waals surface area (Å²) in [5, 5.41) is 5.54. The van der Waals surface area contributed by atoms with Crippen LogP contribution in [-0.4, -0.2) is 66.9 Å². The highest BCUT2D eigenvalue weighted by Crippen LogP contribution is 2.33. The number of hydrogen-bond acceptors (Lipinski definition) is 8. The first-order valence-electron chi connectivity index (χ1n) is 13.3. The Morgan fingerprint density at radius 2 is 1.80 bits per heavy atom. The van der Waals surface area contributed by atoms with Crippen LogP contribution in [0.4, 0.5) is 22.7 Å². The number of hydrogen-bond donors (Lipinski definition) is 2. The molecule has 6 rings (SSSR count). The molecule has 1 fully saturated rings. The molecule has 3 heterocycles. The predicted octanol–water partition coefficient (Wildman–Crippen LogP) is 4.35. The fourth-order valence-electron chi connectivity index (χ4n) is 4.98. The monoisotopic (exact) mass is 548 g/mol. The molecule has 2 aliphatic rings. The van der Waals surface area contributed by atoms with Crippen molar-refractivity contribution in [3.8, 4) is 0 Å². The van der Waals surface area contributed by atoms with E-state index in [2.05, 4.69) is 49.6 Å². The number of nitrogens with one attached hydrogen (secondary N) is 2. The molecule has 2 N–H and O–H groups in total. The second-order valence-electron chi connectivity index (χ2n) is 10.1. The molecule has 1 aromatic heterocycles. The van der Waals surface area contributed by atoms with Crippen molar-refractivity contribution >= 4 is 46.6 Å². The lowest BCUT2D eigenvalue weighted by Gasteiger charge is -2.34. The summed E-state index contributed by atoms with van der Waals surface area (Å²) >= 11 is 0. The lowest BCUT2D eigenvalue weighted by molar-refractivity contribution is -0.115. The van der Waals surface area contributed by atoms with Crippen molar-refractivity contribution in [3.63, 3.8) is 0 Å². The Kier molecular flexibility index (Phi) is 7.13. The Bertz CT molecular complexity index is 1620. The summed E-state index contributed by atoms with van der Waals surface area (Å²) < 4.78 is 5.01. The van der Waals surface area contributed by atoms with Crippen LogP contribution in [0.25, 0.3) is 0 Å². The van der Waals surface area contributed by atoms with Gasteiger partial charge in [0.25, 0.3) is 5.89 Å². The van der Waals surface area contributed by atoms with Gasteiger partial charge in [0, 0.05) is 60.6 Å². The molecule has 0 spiro atoms. The van der Waals surface area contributed by atoms with Gasteiger partial charge in [0.15, 0.2) is 5.78 Å². The molecule has 10 heteroatoms. The Morgan fingerprint density at radius 3 is 2.56 bits per heavy atom. The van der Waals surface area contributed by atoms with Crippen molar-refractivity contribution in [2.45, 2.75) is 5.92 Å². The number of carbonyl (C=O) groups is 3. The Balaban J connectivity index is 1.14. The van der Waals surface area contributed by atoms with E-state index in [4.69, 9.17) is 4.42 Å². The maximum Gasteiger partial charge on any atom is 0.311 e. The number of piperazine rings is 1. The summed E-state index contributed by atoms with van der Waals surface area (Å²) in [5.41, 5.74) is 4.51. The number of likely N-dealkylation sites (N-methyl/N-ethyl adjacent to an activating group) is 1. The van der Waals surface area contributed by atoms with Crippen LogP contribution in [0, 0.1) is 0 Å². The normalized spacial score (nSPS) is 17.0. The highest BCUT2D eigenvalue weighted by atomic mass is 16.3. The zero-order valence-electron chi connectivity index (χ0n) is 22.4. The Labute approximate surface area is 236 Å². The van der Waals surface area contributed by atoms with Crippen LogP contribution in [0.15, 0.2) is 88.6 Å². The summed E-state index contributed by atoms with van der Waals surface area (Å²) in [4.78, 5) is 51.4. The van der Waals surface area contributed by atoms with Crippen molar-refractivity contribution in [2.75, 3.05) is 48.8 Å². The summed E-state index contributed by atoms with van der Waals surface area (Å²) in [6, 6.07) is 19.8. The third kappa shape index (κ3) is 5.64. The molecule has 2 aliphatic heterocycles. The van der Waals surface area contributed by atoms with Gasteiger partial charge in [-0.25, -0.2) is 4.98 Å². The molecule has 0 saturated carbocycles. The van der Waals surface area contributed by atoms with Crippen LogP contribution < -0.4 is 15.5 Å². The van der Waals surface area contributed by atoms with E-state index in [0.29, 0.717) is 22.5 Å². The molecule has 41 heavy (non-hydrogen) atoms. The summed E-state index contributed by atoms with van der Waals surface area (Å²) in [6.07, 6.45) is 4.34. The van der Waals surface area contributed by atoms with Crippen LogP contribution in [-0.2, 0) is 4.79 Å². The maximum atomic E-state index is 13.3. The number of rotatable bonds is 7. The molecule has 0 aliphatic carbocycles. The molecule has 1 saturated heterocycles. The molecule has 1 unspecified atom stereocenters. The van der Waals surface area contributed by atoms with Crippen LogP contribution in [0.1, 0.15) is 38.1 Å². The summed E-state index contributed by atoms with van der Waals surface area (Å²) in [5.74, 6) is -1.58. The van der Waals surface area contributed by atoms with Crippen LogP contribution in [0.3, 0.4) is 0 Å². The van der Waals surface area contributed by atoms with Gasteiger partial charge in [-0.05, 0) is 55.1 Å². The standard InChI is InChI=1S/C31H28N6O4/c1-36-12-14-37(15-13-36)24-8-6-22(7-9-24)33-19-26-25-10-5-21(18-27(25)35-29(26)39)28(38)20-3-2-4-23(17-20)34-30(40)31-32-11-16-41-31/h2-11,16-19,26H,12-15H2,1H3,(H,34,40)(H,35,39). The molecule has 1 atom stereocenters. The third-order valence-electron chi connectivity index (χ3n) is 7.29. The molecule has 0 bridgehead atoms. The van der Waals surface area contributed by atoms with E-state index >= 15 is 0 Å². The minimum absolute atomic E-state index is 0.0724. The first kappa shape index (κ1) is 26.1. The van der Waals surface area contributed by atoms with E-state index in [1.54, 1.807) is 48.7 Å². The van der Waals surface area contributed by atoms with Crippen molar-refractivity contribution in [1.29, 1.82) is 0 Å². The lowest BCUT2D eigenvalue weighted by atomic mass is 9.97. The molecule has 3 aromatic carbocycles. The van der Waals surface area contributed by atoms with Crippen molar-refractivity contribution in [2.24, 2.45) is 4.99 Å². The van der Waals surface area contributed by atoms with Gasteiger partial charge in [-0.15, -0.1) is 0 Å². The fourth-order valence-corrected chi connectivity index (χ4v) is 4.98. The number of aliphatic imine (C=N–C) groups is 1. The van der Waals surface area contributed by atoms with Gasteiger partial charge in [0.05, 0.1) is 11.9 Å². The quantitative estimate of drug-likeness (QED) is 0.260. The number of fused-ring (bicyclic) bond motifs is 1. The van der Waals surface area contributed by atoms with E-state index < -0.39 is 11.8 Å². The number of ketones is 1. The second-order valence-corrected chi connectivity index (χ2v) is 10.1. The number of aromatic nitrogens is 1. The summed E-state index contributed by atoms with van der Waals surface area (Å²) in [6.45, 7) is 4.07. The Hall–Kier alpha value is -5.09. The Morgan fingerprint density at radius 1 is 1.02 bits per heavy atom. The molecule has 2 amide bonds. The topological polar surface area (TPSA) is 120 Å².